The molecule has 2 aromatic carbocycles. The molecular formula is C22H20N8O. The van der Waals surface area contributed by atoms with Crippen molar-refractivity contribution in [3.8, 4) is 5.69 Å². The van der Waals surface area contributed by atoms with Crippen LogP contribution in [0.5, 0.6) is 0 Å². The van der Waals surface area contributed by atoms with Crippen LogP contribution in [0.2, 0.25) is 0 Å². The highest BCUT2D eigenvalue weighted by Gasteiger charge is 2.14. The Hall–Kier alpha value is -4.27. The van der Waals surface area contributed by atoms with Gasteiger partial charge in [-0.1, -0.05) is 36.4 Å². The van der Waals surface area contributed by atoms with Gasteiger partial charge in [0.25, 0.3) is 11.5 Å². The largest absolute Gasteiger partial charge is 0.337 e. The van der Waals surface area contributed by atoms with Crippen molar-refractivity contribution in [1.82, 2.24) is 29.5 Å². The molecule has 31 heavy (non-hydrogen) atoms. The normalized spacial score (nSPS) is 11.7. The van der Waals surface area contributed by atoms with Gasteiger partial charge in [-0.25, -0.2) is 10.1 Å². The number of aromatic amines is 1. The molecule has 9 heteroatoms. The first-order valence-electron chi connectivity index (χ1n) is 9.79. The van der Waals surface area contributed by atoms with Gasteiger partial charge in [0.2, 0.25) is 0 Å². The third-order valence-electron chi connectivity index (χ3n) is 5.41. The number of rotatable bonds is 4. The second-order valence-corrected chi connectivity index (χ2v) is 7.30. The van der Waals surface area contributed by atoms with Crippen molar-refractivity contribution in [3.05, 3.63) is 75.7 Å². The monoisotopic (exact) mass is 412 g/mol. The average Bonchev–Trinajstić information content (AvgIpc) is 3.25. The fraction of sp³-hybridized carbons (Fsp3) is 0.136. The van der Waals surface area contributed by atoms with E-state index in [1.807, 2.05) is 69.4 Å². The third kappa shape index (κ3) is 3.07. The maximum atomic E-state index is 12.9. The number of fused-ring (bicyclic) bond motifs is 3. The summed E-state index contributed by atoms with van der Waals surface area (Å²) >= 11 is 0. The number of hydrogen-bond acceptors (Lipinski definition) is 6. The second kappa shape index (κ2) is 7.21. The van der Waals surface area contributed by atoms with Crippen LogP contribution in [0.25, 0.3) is 27.8 Å². The van der Waals surface area contributed by atoms with Gasteiger partial charge in [0, 0.05) is 18.1 Å². The minimum atomic E-state index is -0.155. The van der Waals surface area contributed by atoms with E-state index < -0.39 is 0 Å². The van der Waals surface area contributed by atoms with Crippen LogP contribution in [0.4, 0.5) is 5.95 Å². The minimum Gasteiger partial charge on any atom is -0.337 e. The number of hydrogen-bond donors (Lipinski definition) is 2. The van der Waals surface area contributed by atoms with Crippen LogP contribution < -0.4 is 11.0 Å². The summed E-state index contributed by atoms with van der Waals surface area (Å²) in [6.45, 7) is 3.90. The maximum Gasteiger partial charge on any atom is 0.280 e. The third-order valence-corrected chi connectivity index (χ3v) is 5.41. The van der Waals surface area contributed by atoms with Crippen molar-refractivity contribution in [1.29, 1.82) is 0 Å². The Labute approximate surface area is 177 Å². The predicted molar refractivity (Wildman–Crippen MR) is 121 cm³/mol. The molecular weight excluding hydrogens is 392 g/mol. The summed E-state index contributed by atoms with van der Waals surface area (Å²) in [5.41, 5.74) is 8.11. The quantitative estimate of drug-likeness (QED) is 0.349. The highest BCUT2D eigenvalue weighted by molar-refractivity contribution is 6.04. The molecule has 2 N–H and O–H groups in total. The first-order chi connectivity index (χ1) is 15.0. The van der Waals surface area contributed by atoms with E-state index in [2.05, 4.69) is 30.7 Å². The standard InChI is InChI=1S/C22H20N8O/c1-13-8-7-11-16-18(13)24-20-19(16)26-28-22(25-20)27-23-12-17-14(2)29(3)30(21(17)31)15-9-5-4-6-10-15/h4-12H,1-3H3,(H2,24,25,27,28)/b23-12-. The summed E-state index contributed by atoms with van der Waals surface area (Å²) in [5.74, 6) is 0.241. The Kier molecular flexibility index (Phi) is 4.36. The van der Waals surface area contributed by atoms with Gasteiger partial charge in [-0.2, -0.15) is 10.1 Å². The number of nitrogens with one attached hydrogen (secondary N) is 2. The van der Waals surface area contributed by atoms with Crippen molar-refractivity contribution in [2.75, 3.05) is 5.43 Å². The molecule has 0 aliphatic heterocycles. The summed E-state index contributed by atoms with van der Waals surface area (Å²) < 4.78 is 3.41. The molecule has 0 saturated carbocycles. The fourth-order valence-electron chi connectivity index (χ4n) is 3.68. The molecule has 3 heterocycles. The number of anilines is 1. The number of aryl methyl sites for hydroxylation is 1. The molecule has 0 atom stereocenters. The molecule has 0 fully saturated rings. The molecule has 0 radical (unpaired) electrons. The van der Waals surface area contributed by atoms with E-state index in [9.17, 15) is 4.79 Å². The van der Waals surface area contributed by atoms with Crippen molar-refractivity contribution in [3.63, 3.8) is 0 Å². The van der Waals surface area contributed by atoms with Gasteiger partial charge in [-0.15, -0.1) is 10.2 Å². The minimum absolute atomic E-state index is 0.155. The van der Waals surface area contributed by atoms with E-state index in [1.165, 1.54) is 6.21 Å². The Balaban J connectivity index is 1.46. The van der Waals surface area contributed by atoms with E-state index in [4.69, 9.17) is 0 Å². The molecule has 0 unspecified atom stereocenters. The molecule has 9 nitrogen and oxygen atoms in total. The summed E-state index contributed by atoms with van der Waals surface area (Å²) in [7, 11) is 1.84. The SMILES string of the molecule is Cc1cccc2c1[nH]c1nc(N/N=C\c3c(C)n(C)n(-c4ccccc4)c3=O)nnc12. The summed E-state index contributed by atoms with van der Waals surface area (Å²) in [6, 6.07) is 15.5. The number of nitrogens with zero attached hydrogens (tertiary/aromatic N) is 6. The first kappa shape index (κ1) is 18.7. The van der Waals surface area contributed by atoms with Crippen LogP contribution in [0, 0.1) is 13.8 Å². The smallest absolute Gasteiger partial charge is 0.280 e. The van der Waals surface area contributed by atoms with Gasteiger partial charge in [-0.3, -0.25) is 9.48 Å². The van der Waals surface area contributed by atoms with Crippen LogP contribution in [0.15, 0.2) is 58.4 Å². The van der Waals surface area contributed by atoms with Gasteiger partial charge in [0.05, 0.1) is 23.0 Å². The molecule has 0 saturated heterocycles. The second-order valence-electron chi connectivity index (χ2n) is 7.30. The van der Waals surface area contributed by atoms with Crippen molar-refractivity contribution < 1.29 is 0 Å². The fourth-order valence-corrected chi connectivity index (χ4v) is 3.68. The molecule has 5 aromatic rings. The number of hydrazone groups is 1. The van der Waals surface area contributed by atoms with E-state index >= 15 is 0 Å². The predicted octanol–water partition coefficient (Wildman–Crippen LogP) is 3.06. The van der Waals surface area contributed by atoms with Gasteiger partial charge >= 0.3 is 0 Å². The van der Waals surface area contributed by atoms with Crippen LogP contribution in [-0.2, 0) is 7.05 Å². The highest BCUT2D eigenvalue weighted by atomic mass is 16.1. The van der Waals surface area contributed by atoms with Gasteiger partial charge < -0.3 is 4.98 Å². The van der Waals surface area contributed by atoms with E-state index in [-0.39, 0.29) is 11.5 Å². The van der Waals surface area contributed by atoms with Crippen molar-refractivity contribution in [2.24, 2.45) is 12.1 Å². The number of benzene rings is 2. The number of para-hydroxylation sites is 2. The van der Waals surface area contributed by atoms with Crippen LogP contribution in [-0.4, -0.2) is 35.7 Å². The molecule has 5 rings (SSSR count). The van der Waals surface area contributed by atoms with E-state index in [0.29, 0.717) is 16.7 Å². The van der Waals surface area contributed by atoms with Crippen LogP contribution in [0.3, 0.4) is 0 Å². The molecule has 154 valence electrons. The Morgan fingerprint density at radius 2 is 1.87 bits per heavy atom. The Morgan fingerprint density at radius 3 is 2.68 bits per heavy atom. The highest BCUT2D eigenvalue weighted by Crippen LogP contribution is 2.24. The van der Waals surface area contributed by atoms with Crippen LogP contribution >= 0.6 is 0 Å². The lowest BCUT2D eigenvalue weighted by atomic mass is 10.1. The zero-order chi connectivity index (χ0) is 21.5. The zero-order valence-electron chi connectivity index (χ0n) is 17.3. The Bertz CT molecular complexity index is 1510. The summed E-state index contributed by atoms with van der Waals surface area (Å²) in [4.78, 5) is 20.7. The lowest BCUT2D eigenvalue weighted by Gasteiger charge is -2.07. The summed E-state index contributed by atoms with van der Waals surface area (Å²) in [6.07, 6.45) is 1.49. The molecule has 0 aliphatic rings. The first-order valence-corrected chi connectivity index (χ1v) is 9.79. The molecule has 0 amide bonds. The van der Waals surface area contributed by atoms with Crippen molar-refractivity contribution in [2.45, 2.75) is 13.8 Å². The van der Waals surface area contributed by atoms with E-state index in [1.54, 1.807) is 9.36 Å². The van der Waals surface area contributed by atoms with E-state index in [0.717, 1.165) is 27.8 Å². The lowest BCUT2D eigenvalue weighted by molar-refractivity contribution is 0.630. The zero-order valence-corrected chi connectivity index (χ0v) is 17.3. The lowest BCUT2D eigenvalue weighted by Crippen LogP contribution is -2.20. The molecule has 0 bridgehead atoms. The molecule has 0 spiro atoms. The topological polar surface area (TPSA) is 106 Å². The number of H-pyrrole nitrogens is 1. The number of aromatic nitrogens is 6. The maximum absolute atomic E-state index is 12.9. The van der Waals surface area contributed by atoms with Crippen LogP contribution in [0.1, 0.15) is 16.8 Å². The molecule has 3 aromatic heterocycles. The van der Waals surface area contributed by atoms with Crippen molar-refractivity contribution >= 4 is 34.2 Å². The Morgan fingerprint density at radius 1 is 1.06 bits per heavy atom. The molecule has 0 aliphatic carbocycles. The van der Waals surface area contributed by atoms with Gasteiger partial charge in [0.15, 0.2) is 5.65 Å². The average molecular weight is 412 g/mol. The van der Waals surface area contributed by atoms with Gasteiger partial charge in [0.1, 0.15) is 5.52 Å². The van der Waals surface area contributed by atoms with Gasteiger partial charge in [-0.05, 0) is 31.5 Å². The summed E-state index contributed by atoms with van der Waals surface area (Å²) in [5, 5.41) is 13.5.